The summed E-state index contributed by atoms with van der Waals surface area (Å²) in [5.74, 6) is -0.273. The van der Waals surface area contributed by atoms with Crippen molar-refractivity contribution in [1.82, 2.24) is 15.1 Å². The summed E-state index contributed by atoms with van der Waals surface area (Å²) in [6.45, 7) is 3.28. The molecule has 0 radical (unpaired) electrons. The molecule has 0 aromatic rings. The van der Waals surface area contributed by atoms with Gasteiger partial charge in [-0.15, -0.1) is 12.4 Å². The molecule has 0 spiro atoms. The van der Waals surface area contributed by atoms with Crippen molar-refractivity contribution in [3.05, 3.63) is 0 Å². The highest BCUT2D eigenvalue weighted by Crippen LogP contribution is 2.12. The molecule has 1 N–H and O–H groups in total. The van der Waals surface area contributed by atoms with Crippen LogP contribution in [0.2, 0.25) is 0 Å². The molecule has 2 rings (SSSR count). The van der Waals surface area contributed by atoms with E-state index < -0.39 is 0 Å². The van der Waals surface area contributed by atoms with Crippen molar-refractivity contribution in [2.24, 2.45) is 0 Å². The number of piperazine rings is 1. The molecule has 6 nitrogen and oxygen atoms in total. The fourth-order valence-corrected chi connectivity index (χ4v) is 2.15. The molecule has 2 aliphatic rings. The number of carbonyl (C=O) groups is 3. The van der Waals surface area contributed by atoms with Crippen LogP contribution in [0.5, 0.6) is 0 Å². The molecule has 0 aliphatic carbocycles. The van der Waals surface area contributed by atoms with E-state index in [1.54, 1.807) is 4.90 Å². The van der Waals surface area contributed by atoms with Crippen LogP contribution < -0.4 is 5.32 Å². The molecular weight excluding hydrogens is 258 g/mol. The molecule has 102 valence electrons. The second-order valence-electron chi connectivity index (χ2n) is 4.32. The molecule has 0 aromatic heterocycles. The summed E-state index contributed by atoms with van der Waals surface area (Å²) in [6, 6.07) is 0. The maximum atomic E-state index is 11.8. The molecular formula is C11H18ClN3O3. The quantitative estimate of drug-likeness (QED) is 0.697. The van der Waals surface area contributed by atoms with E-state index in [4.69, 9.17) is 0 Å². The summed E-state index contributed by atoms with van der Waals surface area (Å²) in [6.07, 6.45) is 0.832. The Bertz CT molecular complexity index is 326. The Morgan fingerprint density at radius 3 is 2.22 bits per heavy atom. The van der Waals surface area contributed by atoms with Gasteiger partial charge in [-0.2, -0.15) is 0 Å². The van der Waals surface area contributed by atoms with Crippen LogP contribution in [0.4, 0.5) is 0 Å². The minimum absolute atomic E-state index is 0. The van der Waals surface area contributed by atoms with Crippen molar-refractivity contribution in [1.29, 1.82) is 0 Å². The second kappa shape index (κ2) is 6.70. The van der Waals surface area contributed by atoms with Gasteiger partial charge >= 0.3 is 0 Å². The van der Waals surface area contributed by atoms with Gasteiger partial charge in [-0.1, -0.05) is 0 Å². The number of amides is 3. The Morgan fingerprint density at radius 1 is 1.11 bits per heavy atom. The third-order valence-corrected chi connectivity index (χ3v) is 3.17. The summed E-state index contributed by atoms with van der Waals surface area (Å²) >= 11 is 0. The zero-order chi connectivity index (χ0) is 12.3. The van der Waals surface area contributed by atoms with E-state index in [0.29, 0.717) is 25.9 Å². The van der Waals surface area contributed by atoms with Gasteiger partial charge in [0, 0.05) is 52.0 Å². The lowest BCUT2D eigenvalue weighted by molar-refractivity contribution is -0.139. The number of imide groups is 1. The van der Waals surface area contributed by atoms with Gasteiger partial charge in [0.25, 0.3) is 0 Å². The number of rotatable bonds is 3. The van der Waals surface area contributed by atoms with Crippen LogP contribution in [-0.4, -0.2) is 60.2 Å². The molecule has 18 heavy (non-hydrogen) atoms. The maximum absolute atomic E-state index is 11.8. The highest BCUT2D eigenvalue weighted by molar-refractivity contribution is 6.02. The minimum Gasteiger partial charge on any atom is -0.340 e. The Hall–Kier alpha value is -1.14. The lowest BCUT2D eigenvalue weighted by Crippen LogP contribution is -2.47. The molecule has 0 unspecified atom stereocenters. The molecule has 0 bridgehead atoms. The second-order valence-corrected chi connectivity index (χ2v) is 4.32. The number of nitrogens with zero attached hydrogens (tertiary/aromatic N) is 2. The molecule has 0 aromatic carbocycles. The topological polar surface area (TPSA) is 69.7 Å². The normalized spacial score (nSPS) is 20.0. The van der Waals surface area contributed by atoms with Crippen molar-refractivity contribution in [3.8, 4) is 0 Å². The number of hydrogen-bond donors (Lipinski definition) is 1. The van der Waals surface area contributed by atoms with Gasteiger partial charge in [-0.25, -0.2) is 0 Å². The Labute approximate surface area is 112 Å². The summed E-state index contributed by atoms with van der Waals surface area (Å²) in [5.41, 5.74) is 0. The van der Waals surface area contributed by atoms with Crippen molar-refractivity contribution in [3.63, 3.8) is 0 Å². The number of halogens is 1. The van der Waals surface area contributed by atoms with Gasteiger partial charge < -0.3 is 10.2 Å². The fraction of sp³-hybridized carbons (Fsp3) is 0.727. The average molecular weight is 276 g/mol. The standard InChI is InChI=1S/C11H17N3O3.ClH/c15-9(13-7-4-12-5-8-13)3-6-14-10(16)1-2-11(14)17;/h12H,1-8H2;1H. The molecule has 3 amide bonds. The van der Waals surface area contributed by atoms with Crippen LogP contribution in [0.1, 0.15) is 19.3 Å². The molecule has 2 aliphatic heterocycles. The molecule has 0 saturated carbocycles. The Balaban J connectivity index is 0.00000162. The van der Waals surface area contributed by atoms with E-state index in [-0.39, 0.29) is 43.1 Å². The average Bonchev–Trinajstić information content (AvgIpc) is 2.67. The third kappa shape index (κ3) is 3.43. The fourth-order valence-electron chi connectivity index (χ4n) is 2.15. The summed E-state index contributed by atoms with van der Waals surface area (Å²) in [5, 5.41) is 3.17. The maximum Gasteiger partial charge on any atom is 0.229 e. The largest absolute Gasteiger partial charge is 0.340 e. The monoisotopic (exact) mass is 275 g/mol. The summed E-state index contributed by atoms with van der Waals surface area (Å²) in [7, 11) is 0. The molecule has 7 heteroatoms. The Kier molecular flexibility index (Phi) is 5.55. The van der Waals surface area contributed by atoms with E-state index in [0.717, 1.165) is 13.1 Å². The van der Waals surface area contributed by atoms with E-state index in [1.165, 1.54) is 4.90 Å². The van der Waals surface area contributed by atoms with Gasteiger partial charge in [0.1, 0.15) is 0 Å². The first kappa shape index (κ1) is 14.9. The predicted molar refractivity (Wildman–Crippen MR) is 67.3 cm³/mol. The zero-order valence-corrected chi connectivity index (χ0v) is 11.0. The van der Waals surface area contributed by atoms with E-state index in [9.17, 15) is 14.4 Å². The van der Waals surface area contributed by atoms with Gasteiger partial charge in [0.15, 0.2) is 0 Å². The van der Waals surface area contributed by atoms with Crippen LogP contribution in [0.15, 0.2) is 0 Å². The first-order valence-corrected chi connectivity index (χ1v) is 6.00. The SMILES string of the molecule is Cl.O=C(CCN1C(=O)CCC1=O)N1CCNCC1. The van der Waals surface area contributed by atoms with Gasteiger partial charge in [0.05, 0.1) is 0 Å². The smallest absolute Gasteiger partial charge is 0.229 e. The van der Waals surface area contributed by atoms with Crippen molar-refractivity contribution >= 4 is 30.1 Å². The molecule has 0 atom stereocenters. The van der Waals surface area contributed by atoms with Gasteiger partial charge in [0.2, 0.25) is 17.7 Å². The van der Waals surface area contributed by atoms with Crippen LogP contribution >= 0.6 is 12.4 Å². The molecule has 2 fully saturated rings. The van der Waals surface area contributed by atoms with Gasteiger partial charge in [-0.05, 0) is 0 Å². The minimum atomic E-state index is -0.150. The predicted octanol–water partition coefficient (Wildman–Crippen LogP) is -0.621. The number of hydrogen-bond acceptors (Lipinski definition) is 4. The first-order chi connectivity index (χ1) is 8.18. The van der Waals surface area contributed by atoms with Crippen molar-refractivity contribution in [2.75, 3.05) is 32.7 Å². The van der Waals surface area contributed by atoms with Gasteiger partial charge in [-0.3, -0.25) is 19.3 Å². The van der Waals surface area contributed by atoms with E-state index in [1.807, 2.05) is 0 Å². The Morgan fingerprint density at radius 2 is 1.67 bits per heavy atom. The zero-order valence-electron chi connectivity index (χ0n) is 10.2. The van der Waals surface area contributed by atoms with E-state index in [2.05, 4.69) is 5.32 Å². The molecule has 2 saturated heterocycles. The first-order valence-electron chi connectivity index (χ1n) is 6.00. The third-order valence-electron chi connectivity index (χ3n) is 3.17. The van der Waals surface area contributed by atoms with Crippen LogP contribution in [0, 0.1) is 0 Å². The number of likely N-dealkylation sites (tertiary alicyclic amines) is 1. The van der Waals surface area contributed by atoms with E-state index >= 15 is 0 Å². The number of nitrogens with one attached hydrogen (secondary N) is 1. The lowest BCUT2D eigenvalue weighted by Gasteiger charge is -2.28. The number of carbonyl (C=O) groups excluding carboxylic acids is 3. The van der Waals surface area contributed by atoms with Crippen LogP contribution in [0.25, 0.3) is 0 Å². The van der Waals surface area contributed by atoms with Crippen molar-refractivity contribution < 1.29 is 14.4 Å². The molecule has 2 heterocycles. The van der Waals surface area contributed by atoms with Crippen molar-refractivity contribution in [2.45, 2.75) is 19.3 Å². The lowest BCUT2D eigenvalue weighted by atomic mass is 10.3. The van der Waals surface area contributed by atoms with Crippen LogP contribution in [0.3, 0.4) is 0 Å². The summed E-state index contributed by atoms with van der Waals surface area (Å²) in [4.78, 5) is 37.5. The van der Waals surface area contributed by atoms with Crippen LogP contribution in [-0.2, 0) is 14.4 Å². The summed E-state index contributed by atoms with van der Waals surface area (Å²) < 4.78 is 0. The highest BCUT2D eigenvalue weighted by Gasteiger charge is 2.29. The highest BCUT2D eigenvalue weighted by atomic mass is 35.5.